The zero-order chi connectivity index (χ0) is 17.0. The molecule has 2 aromatic rings. The molecule has 0 fully saturated rings. The third kappa shape index (κ3) is 4.35. The van der Waals surface area contributed by atoms with Crippen molar-refractivity contribution in [3.63, 3.8) is 0 Å². The normalized spacial score (nSPS) is 11.7. The summed E-state index contributed by atoms with van der Waals surface area (Å²) in [6.07, 6.45) is 0. The highest BCUT2D eigenvalue weighted by molar-refractivity contribution is 5.97. The quantitative estimate of drug-likeness (QED) is 0.907. The molecule has 0 saturated heterocycles. The zero-order valence-electron chi connectivity index (χ0n) is 12.7. The van der Waals surface area contributed by atoms with Gasteiger partial charge in [0.05, 0.1) is 6.04 Å². The van der Waals surface area contributed by atoms with Gasteiger partial charge in [0.15, 0.2) is 0 Å². The van der Waals surface area contributed by atoms with E-state index in [0.29, 0.717) is 11.3 Å². The zero-order valence-corrected chi connectivity index (χ0v) is 12.7. The Bertz CT molecular complexity index is 747. The van der Waals surface area contributed by atoms with Gasteiger partial charge in [-0.2, -0.15) is 0 Å². The van der Waals surface area contributed by atoms with Crippen LogP contribution >= 0.6 is 0 Å². The van der Waals surface area contributed by atoms with Crippen LogP contribution in [0.5, 0.6) is 0 Å². The Morgan fingerprint density at radius 2 is 1.83 bits per heavy atom. The molecule has 0 saturated carbocycles. The monoisotopic (exact) mass is 318 g/mol. The Morgan fingerprint density at radius 1 is 1.09 bits per heavy atom. The standard InChI is InChI=1S/C17H16F2N2O2/c1-10(15-7-6-13(18)9-16(15)19)20-17(23)12-4-3-5-14(8-12)21-11(2)22/h3-10H,1-2H3,(H,20,23)(H,21,22). The SMILES string of the molecule is CC(=O)Nc1cccc(C(=O)NC(C)c2ccc(F)cc2F)c1. The van der Waals surface area contributed by atoms with Gasteiger partial charge < -0.3 is 10.6 Å². The maximum Gasteiger partial charge on any atom is 0.251 e. The van der Waals surface area contributed by atoms with Gasteiger partial charge in [-0.15, -0.1) is 0 Å². The van der Waals surface area contributed by atoms with Crippen LogP contribution in [-0.2, 0) is 4.79 Å². The predicted octanol–water partition coefficient (Wildman–Crippen LogP) is 3.41. The largest absolute Gasteiger partial charge is 0.345 e. The lowest BCUT2D eigenvalue weighted by atomic mass is 10.1. The second-order valence-electron chi connectivity index (χ2n) is 5.12. The van der Waals surface area contributed by atoms with Crippen molar-refractivity contribution in [2.75, 3.05) is 5.32 Å². The van der Waals surface area contributed by atoms with Crippen molar-refractivity contribution >= 4 is 17.5 Å². The molecule has 0 aromatic heterocycles. The fraction of sp³-hybridized carbons (Fsp3) is 0.176. The maximum absolute atomic E-state index is 13.7. The van der Waals surface area contributed by atoms with Gasteiger partial charge in [-0.05, 0) is 31.2 Å². The molecule has 120 valence electrons. The van der Waals surface area contributed by atoms with Crippen LogP contribution in [0.3, 0.4) is 0 Å². The first-order valence-electron chi connectivity index (χ1n) is 7.00. The lowest BCUT2D eigenvalue weighted by Gasteiger charge is -2.15. The molecular weight excluding hydrogens is 302 g/mol. The maximum atomic E-state index is 13.7. The minimum atomic E-state index is -0.718. The predicted molar refractivity (Wildman–Crippen MR) is 83.0 cm³/mol. The average molecular weight is 318 g/mol. The van der Waals surface area contributed by atoms with Crippen molar-refractivity contribution < 1.29 is 18.4 Å². The molecule has 23 heavy (non-hydrogen) atoms. The van der Waals surface area contributed by atoms with Gasteiger partial charge in [0.2, 0.25) is 5.91 Å². The minimum absolute atomic E-state index is 0.192. The Morgan fingerprint density at radius 3 is 2.48 bits per heavy atom. The van der Waals surface area contributed by atoms with E-state index >= 15 is 0 Å². The Hall–Kier alpha value is -2.76. The van der Waals surface area contributed by atoms with E-state index in [2.05, 4.69) is 10.6 Å². The van der Waals surface area contributed by atoms with Crippen LogP contribution in [0.1, 0.15) is 35.8 Å². The first-order chi connectivity index (χ1) is 10.9. The third-order valence-corrected chi connectivity index (χ3v) is 3.22. The van der Waals surface area contributed by atoms with E-state index < -0.39 is 23.6 Å². The fourth-order valence-corrected chi connectivity index (χ4v) is 2.15. The number of rotatable bonds is 4. The number of anilines is 1. The van der Waals surface area contributed by atoms with Crippen LogP contribution in [-0.4, -0.2) is 11.8 Å². The molecule has 2 aromatic carbocycles. The molecule has 0 spiro atoms. The number of amides is 2. The topological polar surface area (TPSA) is 58.2 Å². The summed E-state index contributed by atoms with van der Waals surface area (Å²) in [5.74, 6) is -2.06. The summed E-state index contributed by atoms with van der Waals surface area (Å²) >= 11 is 0. The molecule has 2 amide bonds. The smallest absolute Gasteiger partial charge is 0.251 e. The molecule has 0 aliphatic heterocycles. The fourth-order valence-electron chi connectivity index (χ4n) is 2.15. The summed E-state index contributed by atoms with van der Waals surface area (Å²) in [5.41, 5.74) is 1.01. The van der Waals surface area contributed by atoms with Crippen molar-refractivity contribution in [3.05, 3.63) is 65.2 Å². The summed E-state index contributed by atoms with van der Waals surface area (Å²) < 4.78 is 26.6. The van der Waals surface area contributed by atoms with Gasteiger partial charge in [-0.3, -0.25) is 9.59 Å². The molecule has 6 heteroatoms. The molecule has 0 radical (unpaired) electrons. The van der Waals surface area contributed by atoms with E-state index in [1.54, 1.807) is 25.1 Å². The molecule has 4 nitrogen and oxygen atoms in total. The highest BCUT2D eigenvalue weighted by Gasteiger charge is 2.15. The van der Waals surface area contributed by atoms with Gasteiger partial charge >= 0.3 is 0 Å². The van der Waals surface area contributed by atoms with Gasteiger partial charge in [0.1, 0.15) is 11.6 Å². The third-order valence-electron chi connectivity index (χ3n) is 3.22. The van der Waals surface area contributed by atoms with Crippen LogP contribution < -0.4 is 10.6 Å². The van der Waals surface area contributed by atoms with E-state index in [4.69, 9.17) is 0 Å². The number of hydrogen-bond acceptors (Lipinski definition) is 2. The Balaban J connectivity index is 2.13. The summed E-state index contributed by atoms with van der Waals surface area (Å²) in [6, 6.07) is 8.95. The number of carbonyl (C=O) groups excluding carboxylic acids is 2. The average Bonchev–Trinajstić information content (AvgIpc) is 2.46. The van der Waals surface area contributed by atoms with Crippen molar-refractivity contribution in [1.29, 1.82) is 0 Å². The second-order valence-corrected chi connectivity index (χ2v) is 5.12. The molecular formula is C17H16F2N2O2. The van der Waals surface area contributed by atoms with Crippen LogP contribution in [0.4, 0.5) is 14.5 Å². The number of halogens is 2. The highest BCUT2D eigenvalue weighted by atomic mass is 19.1. The van der Waals surface area contributed by atoms with Crippen molar-refractivity contribution in [2.45, 2.75) is 19.9 Å². The van der Waals surface area contributed by atoms with Crippen LogP contribution in [0.15, 0.2) is 42.5 Å². The second kappa shape index (κ2) is 7.00. The van der Waals surface area contributed by atoms with E-state index in [1.165, 1.54) is 19.1 Å². The highest BCUT2D eigenvalue weighted by Crippen LogP contribution is 2.19. The van der Waals surface area contributed by atoms with Crippen molar-refractivity contribution in [2.24, 2.45) is 0 Å². The summed E-state index contributed by atoms with van der Waals surface area (Å²) in [6.45, 7) is 2.97. The molecule has 0 aliphatic carbocycles. The van der Waals surface area contributed by atoms with E-state index in [0.717, 1.165) is 12.1 Å². The lowest BCUT2D eigenvalue weighted by Crippen LogP contribution is -2.27. The lowest BCUT2D eigenvalue weighted by molar-refractivity contribution is -0.114. The molecule has 0 heterocycles. The van der Waals surface area contributed by atoms with Crippen molar-refractivity contribution in [3.8, 4) is 0 Å². The first-order valence-corrected chi connectivity index (χ1v) is 7.00. The van der Waals surface area contributed by atoms with Gasteiger partial charge in [0.25, 0.3) is 5.91 Å². The van der Waals surface area contributed by atoms with Gasteiger partial charge in [0, 0.05) is 29.8 Å². The van der Waals surface area contributed by atoms with Crippen LogP contribution in [0.2, 0.25) is 0 Å². The van der Waals surface area contributed by atoms with E-state index in [-0.39, 0.29) is 11.5 Å². The van der Waals surface area contributed by atoms with Gasteiger partial charge in [-0.1, -0.05) is 12.1 Å². The number of nitrogens with one attached hydrogen (secondary N) is 2. The molecule has 2 N–H and O–H groups in total. The molecule has 1 atom stereocenters. The Kier molecular flexibility index (Phi) is 5.05. The molecule has 2 rings (SSSR count). The summed E-state index contributed by atoms with van der Waals surface area (Å²) in [4.78, 5) is 23.3. The summed E-state index contributed by atoms with van der Waals surface area (Å²) in [7, 11) is 0. The van der Waals surface area contributed by atoms with E-state index in [9.17, 15) is 18.4 Å². The number of benzene rings is 2. The van der Waals surface area contributed by atoms with Crippen LogP contribution in [0, 0.1) is 11.6 Å². The number of hydrogen-bond donors (Lipinski definition) is 2. The van der Waals surface area contributed by atoms with E-state index in [1.807, 2.05) is 0 Å². The Labute approximate surface area is 132 Å². The first kappa shape index (κ1) is 16.6. The molecule has 0 bridgehead atoms. The van der Waals surface area contributed by atoms with Crippen molar-refractivity contribution in [1.82, 2.24) is 5.32 Å². The molecule has 0 aliphatic rings. The molecule has 1 unspecified atom stereocenters. The minimum Gasteiger partial charge on any atom is -0.345 e. The summed E-state index contributed by atoms with van der Waals surface area (Å²) in [5, 5.41) is 5.22. The number of carbonyl (C=O) groups is 2. The van der Waals surface area contributed by atoms with Gasteiger partial charge in [-0.25, -0.2) is 8.78 Å². The van der Waals surface area contributed by atoms with Crippen LogP contribution in [0.25, 0.3) is 0 Å².